The Morgan fingerprint density at radius 2 is 1.90 bits per heavy atom. The van der Waals surface area contributed by atoms with Crippen LogP contribution in [0.5, 0.6) is 0 Å². The van der Waals surface area contributed by atoms with Gasteiger partial charge in [0.05, 0.1) is 0 Å². The van der Waals surface area contributed by atoms with Gasteiger partial charge in [-0.1, -0.05) is 19.3 Å². The predicted molar refractivity (Wildman–Crippen MR) is 84.8 cm³/mol. The average Bonchev–Trinajstić information content (AvgIpc) is 2.49. The summed E-state index contributed by atoms with van der Waals surface area (Å²) in [7, 11) is 1.53. The predicted octanol–water partition coefficient (Wildman–Crippen LogP) is 1.56. The minimum Gasteiger partial charge on any atom is -0.314 e. The molecule has 5 heteroatoms. The van der Waals surface area contributed by atoms with Crippen LogP contribution in [-0.2, 0) is 13.6 Å². The zero-order valence-electron chi connectivity index (χ0n) is 13.2. The molecule has 0 unspecified atom stereocenters. The van der Waals surface area contributed by atoms with Gasteiger partial charge in [0.25, 0.3) is 5.56 Å². The molecule has 1 aromatic heterocycles. The van der Waals surface area contributed by atoms with Gasteiger partial charge in [-0.15, -0.1) is 0 Å². The van der Waals surface area contributed by atoms with Crippen LogP contribution in [0.4, 0.5) is 0 Å². The number of nitrogens with one attached hydrogen (secondary N) is 1. The van der Waals surface area contributed by atoms with Gasteiger partial charge in [-0.2, -0.15) is 0 Å². The maximum Gasteiger partial charge on any atom is 0.330 e. The minimum atomic E-state index is -0.229. The largest absolute Gasteiger partial charge is 0.330 e. The van der Waals surface area contributed by atoms with E-state index in [1.54, 1.807) is 4.57 Å². The van der Waals surface area contributed by atoms with Crippen LogP contribution in [-0.4, -0.2) is 21.7 Å². The van der Waals surface area contributed by atoms with Crippen LogP contribution in [0.15, 0.2) is 15.7 Å². The van der Waals surface area contributed by atoms with Gasteiger partial charge in [-0.25, -0.2) is 4.79 Å². The summed E-state index contributed by atoms with van der Waals surface area (Å²) in [6.45, 7) is 3.53. The fourth-order valence-corrected chi connectivity index (χ4v) is 3.06. The normalized spacial score (nSPS) is 16.3. The lowest BCUT2D eigenvalue weighted by molar-refractivity contribution is 0.368. The Bertz CT molecular complexity index is 568. The first kappa shape index (κ1) is 16.0. The molecule has 0 aromatic carbocycles. The van der Waals surface area contributed by atoms with Gasteiger partial charge >= 0.3 is 5.69 Å². The molecule has 21 heavy (non-hydrogen) atoms. The van der Waals surface area contributed by atoms with Crippen molar-refractivity contribution in [3.05, 3.63) is 32.6 Å². The van der Waals surface area contributed by atoms with Gasteiger partial charge in [0.1, 0.15) is 0 Å². The molecule has 1 aliphatic rings. The number of aryl methyl sites for hydroxylation is 1. The van der Waals surface area contributed by atoms with Crippen LogP contribution in [0.25, 0.3) is 0 Å². The number of nitrogens with zero attached hydrogens (tertiary/aromatic N) is 2. The van der Waals surface area contributed by atoms with Gasteiger partial charge in [-0.05, 0) is 39.2 Å². The van der Waals surface area contributed by atoms with Crippen molar-refractivity contribution in [1.82, 2.24) is 14.5 Å². The molecule has 0 spiro atoms. The Hall–Kier alpha value is -1.36. The first-order valence-electron chi connectivity index (χ1n) is 8.10. The van der Waals surface area contributed by atoms with Crippen LogP contribution in [0, 0.1) is 6.92 Å². The molecule has 0 saturated heterocycles. The smallest absolute Gasteiger partial charge is 0.314 e. The van der Waals surface area contributed by atoms with Gasteiger partial charge in [0.15, 0.2) is 0 Å². The highest BCUT2D eigenvalue weighted by molar-refractivity contribution is 4.99. The second-order valence-electron chi connectivity index (χ2n) is 6.11. The monoisotopic (exact) mass is 293 g/mol. The number of hydrogen-bond donors (Lipinski definition) is 1. The zero-order chi connectivity index (χ0) is 15.2. The average molecular weight is 293 g/mol. The molecule has 0 radical (unpaired) electrons. The first-order chi connectivity index (χ1) is 10.1. The van der Waals surface area contributed by atoms with Crippen LogP contribution < -0.4 is 16.6 Å². The van der Waals surface area contributed by atoms with E-state index in [0.29, 0.717) is 12.6 Å². The Balaban J connectivity index is 1.77. The zero-order valence-corrected chi connectivity index (χ0v) is 13.2. The molecule has 0 bridgehead atoms. The molecular formula is C16H27N3O2. The van der Waals surface area contributed by atoms with E-state index < -0.39 is 0 Å². The second-order valence-corrected chi connectivity index (χ2v) is 6.11. The lowest BCUT2D eigenvalue weighted by Crippen LogP contribution is -2.38. The molecule has 1 heterocycles. The van der Waals surface area contributed by atoms with Crippen molar-refractivity contribution in [2.45, 2.75) is 64.5 Å². The molecule has 1 fully saturated rings. The molecule has 118 valence electrons. The Labute approximate surface area is 126 Å². The van der Waals surface area contributed by atoms with E-state index in [2.05, 4.69) is 5.32 Å². The second kappa shape index (κ2) is 7.59. The molecule has 2 rings (SSSR count). The summed E-state index contributed by atoms with van der Waals surface area (Å²) in [5, 5.41) is 3.61. The highest BCUT2D eigenvalue weighted by Gasteiger charge is 2.11. The number of aromatic nitrogens is 2. The SMILES string of the molecule is Cc1cc(=O)n(C)c(=O)n1CCCCNC1CCCCC1. The summed E-state index contributed by atoms with van der Waals surface area (Å²) >= 11 is 0. The van der Waals surface area contributed by atoms with Crippen LogP contribution in [0.1, 0.15) is 50.6 Å². The van der Waals surface area contributed by atoms with Crippen molar-refractivity contribution in [2.24, 2.45) is 7.05 Å². The molecule has 0 atom stereocenters. The molecule has 1 aliphatic carbocycles. The third-order valence-corrected chi connectivity index (χ3v) is 4.45. The van der Waals surface area contributed by atoms with E-state index >= 15 is 0 Å². The van der Waals surface area contributed by atoms with E-state index in [1.165, 1.54) is 49.8 Å². The first-order valence-corrected chi connectivity index (χ1v) is 8.10. The van der Waals surface area contributed by atoms with E-state index in [4.69, 9.17) is 0 Å². The van der Waals surface area contributed by atoms with Gasteiger partial charge < -0.3 is 5.32 Å². The summed E-state index contributed by atoms with van der Waals surface area (Å²) in [6, 6.07) is 2.22. The molecule has 1 aromatic rings. The van der Waals surface area contributed by atoms with Crippen molar-refractivity contribution >= 4 is 0 Å². The molecule has 5 nitrogen and oxygen atoms in total. The number of hydrogen-bond acceptors (Lipinski definition) is 3. The Morgan fingerprint density at radius 3 is 2.62 bits per heavy atom. The quantitative estimate of drug-likeness (QED) is 0.810. The lowest BCUT2D eigenvalue weighted by atomic mass is 9.95. The molecule has 1 saturated carbocycles. The van der Waals surface area contributed by atoms with E-state index in [9.17, 15) is 9.59 Å². The van der Waals surface area contributed by atoms with Gasteiger partial charge in [-0.3, -0.25) is 13.9 Å². The fourth-order valence-electron chi connectivity index (χ4n) is 3.06. The lowest BCUT2D eigenvalue weighted by Gasteiger charge is -2.22. The fraction of sp³-hybridized carbons (Fsp3) is 0.750. The molecule has 1 N–H and O–H groups in total. The van der Waals surface area contributed by atoms with Crippen molar-refractivity contribution in [2.75, 3.05) is 6.54 Å². The van der Waals surface area contributed by atoms with Crippen LogP contribution in [0.2, 0.25) is 0 Å². The van der Waals surface area contributed by atoms with Crippen LogP contribution >= 0.6 is 0 Å². The van der Waals surface area contributed by atoms with E-state index in [1.807, 2.05) is 6.92 Å². The third-order valence-electron chi connectivity index (χ3n) is 4.45. The van der Waals surface area contributed by atoms with Crippen molar-refractivity contribution in [1.29, 1.82) is 0 Å². The van der Waals surface area contributed by atoms with E-state index in [0.717, 1.165) is 25.1 Å². The van der Waals surface area contributed by atoms with Crippen LogP contribution in [0.3, 0.4) is 0 Å². The minimum absolute atomic E-state index is 0.208. The Kier molecular flexibility index (Phi) is 5.79. The maximum absolute atomic E-state index is 12.0. The molecular weight excluding hydrogens is 266 g/mol. The van der Waals surface area contributed by atoms with Gasteiger partial charge in [0, 0.05) is 31.4 Å². The van der Waals surface area contributed by atoms with Gasteiger partial charge in [0.2, 0.25) is 0 Å². The summed E-state index contributed by atoms with van der Waals surface area (Å²) in [4.78, 5) is 23.5. The van der Waals surface area contributed by atoms with E-state index in [-0.39, 0.29) is 11.2 Å². The van der Waals surface area contributed by atoms with Crippen molar-refractivity contribution in [3.8, 4) is 0 Å². The topological polar surface area (TPSA) is 56.0 Å². The van der Waals surface area contributed by atoms with Crippen molar-refractivity contribution in [3.63, 3.8) is 0 Å². The highest BCUT2D eigenvalue weighted by atomic mass is 16.2. The Morgan fingerprint density at radius 1 is 1.19 bits per heavy atom. The molecule has 0 amide bonds. The molecule has 0 aliphatic heterocycles. The number of unbranched alkanes of at least 4 members (excludes halogenated alkanes) is 1. The van der Waals surface area contributed by atoms with Crippen molar-refractivity contribution < 1.29 is 0 Å². The third kappa shape index (κ3) is 4.30. The number of rotatable bonds is 6. The highest BCUT2D eigenvalue weighted by Crippen LogP contribution is 2.17. The summed E-state index contributed by atoms with van der Waals surface area (Å²) < 4.78 is 2.87. The summed E-state index contributed by atoms with van der Waals surface area (Å²) in [5.41, 5.74) is 0.316. The standard InChI is InChI=1S/C16H27N3O2/c1-13-12-15(20)18(2)16(21)19(13)11-7-6-10-17-14-8-4-3-5-9-14/h12,14,17H,3-11H2,1-2H3. The summed E-state index contributed by atoms with van der Waals surface area (Å²) in [5.74, 6) is 0. The maximum atomic E-state index is 12.0. The summed E-state index contributed by atoms with van der Waals surface area (Å²) in [6.07, 6.45) is 8.71.